The van der Waals surface area contributed by atoms with Gasteiger partial charge in [-0.2, -0.15) is 0 Å². The van der Waals surface area contributed by atoms with Gasteiger partial charge in [-0.3, -0.25) is 9.59 Å². The summed E-state index contributed by atoms with van der Waals surface area (Å²) in [6.45, 7) is 2.92. The summed E-state index contributed by atoms with van der Waals surface area (Å²) >= 11 is 0. The summed E-state index contributed by atoms with van der Waals surface area (Å²) < 4.78 is 5.69. The van der Waals surface area contributed by atoms with E-state index in [9.17, 15) is 9.59 Å². The van der Waals surface area contributed by atoms with Crippen LogP contribution in [0.2, 0.25) is 0 Å². The van der Waals surface area contributed by atoms with Crippen molar-refractivity contribution >= 4 is 16.7 Å². The van der Waals surface area contributed by atoms with Crippen LogP contribution in [0.4, 0.5) is 0 Å². The summed E-state index contributed by atoms with van der Waals surface area (Å²) in [6.07, 6.45) is 1.66. The van der Waals surface area contributed by atoms with Crippen LogP contribution < -0.4 is 10.9 Å². The van der Waals surface area contributed by atoms with E-state index in [1.54, 1.807) is 12.3 Å². The number of nitrogens with one attached hydrogen (secondary N) is 2. The summed E-state index contributed by atoms with van der Waals surface area (Å²) in [7, 11) is 2.05. The van der Waals surface area contributed by atoms with Crippen molar-refractivity contribution in [3.8, 4) is 11.1 Å². The number of morpholine rings is 1. The van der Waals surface area contributed by atoms with Gasteiger partial charge in [0.25, 0.3) is 11.5 Å². The molecule has 1 aliphatic heterocycles. The van der Waals surface area contributed by atoms with Crippen molar-refractivity contribution in [2.45, 2.75) is 6.10 Å². The molecule has 1 fully saturated rings. The first kappa shape index (κ1) is 18.4. The quantitative estimate of drug-likeness (QED) is 0.731. The maximum atomic E-state index is 12.6. The molecule has 1 saturated heterocycles. The molecule has 28 heavy (non-hydrogen) atoms. The Kier molecular flexibility index (Phi) is 5.23. The minimum atomic E-state index is -0.115. The van der Waals surface area contributed by atoms with Crippen molar-refractivity contribution in [2.24, 2.45) is 0 Å². The third-order valence-corrected chi connectivity index (χ3v) is 5.06. The number of rotatable bonds is 4. The first-order valence-electron chi connectivity index (χ1n) is 9.40. The molecule has 0 spiro atoms. The average molecular weight is 377 g/mol. The highest BCUT2D eigenvalue weighted by Gasteiger charge is 2.18. The normalized spacial score (nSPS) is 17.5. The van der Waals surface area contributed by atoms with Crippen LogP contribution in [0.5, 0.6) is 0 Å². The number of fused-ring (bicyclic) bond motifs is 1. The molecule has 0 bridgehead atoms. The Morgan fingerprint density at radius 1 is 1.21 bits per heavy atom. The van der Waals surface area contributed by atoms with Crippen LogP contribution in [0.15, 0.2) is 59.5 Å². The smallest absolute Gasteiger partial charge is 0.255 e. The van der Waals surface area contributed by atoms with Gasteiger partial charge in [0.15, 0.2) is 0 Å². The van der Waals surface area contributed by atoms with E-state index in [2.05, 4.69) is 22.2 Å². The monoisotopic (exact) mass is 377 g/mol. The van der Waals surface area contributed by atoms with Gasteiger partial charge in [-0.15, -0.1) is 0 Å². The average Bonchev–Trinajstić information content (AvgIpc) is 2.72. The van der Waals surface area contributed by atoms with Crippen LogP contribution in [-0.4, -0.2) is 55.2 Å². The number of hydrogen-bond donors (Lipinski definition) is 2. The van der Waals surface area contributed by atoms with Gasteiger partial charge in [0.2, 0.25) is 0 Å². The summed E-state index contributed by atoms with van der Waals surface area (Å²) in [5.41, 5.74) is 2.40. The van der Waals surface area contributed by atoms with Crippen LogP contribution in [0.3, 0.4) is 0 Å². The van der Waals surface area contributed by atoms with E-state index >= 15 is 0 Å². The Balaban J connectivity index is 1.51. The number of carbonyl (C=O) groups excluding carboxylic acids is 1. The molecule has 144 valence electrons. The summed E-state index contributed by atoms with van der Waals surface area (Å²) in [5, 5.41) is 4.49. The Hall–Kier alpha value is -2.96. The Bertz CT molecular complexity index is 1060. The van der Waals surface area contributed by atoms with Crippen LogP contribution in [0, 0.1) is 0 Å². The maximum absolute atomic E-state index is 12.6. The van der Waals surface area contributed by atoms with E-state index in [0.717, 1.165) is 29.6 Å². The predicted octanol–water partition coefficient (Wildman–Crippen LogP) is 2.26. The van der Waals surface area contributed by atoms with Crippen LogP contribution >= 0.6 is 0 Å². The second-order valence-electron chi connectivity index (χ2n) is 7.15. The van der Waals surface area contributed by atoms with Crippen LogP contribution in [0.1, 0.15) is 10.4 Å². The van der Waals surface area contributed by atoms with Crippen molar-refractivity contribution in [3.63, 3.8) is 0 Å². The molecule has 1 atom stereocenters. The molecule has 1 aliphatic rings. The van der Waals surface area contributed by atoms with Gasteiger partial charge in [0, 0.05) is 36.8 Å². The van der Waals surface area contributed by atoms with E-state index < -0.39 is 0 Å². The number of aromatic amines is 1. The lowest BCUT2D eigenvalue weighted by molar-refractivity contribution is -0.0175. The second-order valence-corrected chi connectivity index (χ2v) is 7.15. The van der Waals surface area contributed by atoms with E-state index in [-0.39, 0.29) is 17.6 Å². The molecule has 6 heteroatoms. The molecule has 0 radical (unpaired) electrons. The maximum Gasteiger partial charge on any atom is 0.255 e. The molecule has 2 aromatic carbocycles. The Morgan fingerprint density at radius 3 is 2.93 bits per heavy atom. The number of H-pyrrole nitrogens is 1. The molecular formula is C22H23N3O3. The predicted molar refractivity (Wildman–Crippen MR) is 110 cm³/mol. The molecule has 4 rings (SSSR count). The van der Waals surface area contributed by atoms with Gasteiger partial charge in [-0.1, -0.05) is 18.2 Å². The lowest BCUT2D eigenvalue weighted by Gasteiger charge is -2.30. The SMILES string of the molecule is CN1CCO[C@H](CNC(=O)c2cccc(-c3ccc4c(=O)[nH]ccc4c3)c2)C1. The number of nitrogens with zero attached hydrogens (tertiary/aromatic N) is 1. The molecule has 6 nitrogen and oxygen atoms in total. The first-order chi connectivity index (χ1) is 13.6. The first-order valence-corrected chi connectivity index (χ1v) is 9.40. The van der Waals surface area contributed by atoms with E-state index in [4.69, 9.17) is 4.74 Å². The number of ether oxygens (including phenoxy) is 1. The molecule has 2 N–H and O–H groups in total. The molecule has 1 amide bonds. The minimum absolute atomic E-state index is 0.0180. The standard InChI is InChI=1S/C22H23N3O3/c1-25-9-10-28-19(14-25)13-24-21(26)18-4-2-3-15(12-18)16-5-6-20-17(11-16)7-8-23-22(20)27/h2-8,11-12,19H,9-10,13-14H2,1H3,(H,23,27)(H,24,26)/t19-/m1/s1. The molecule has 1 aromatic heterocycles. The fraction of sp³-hybridized carbons (Fsp3) is 0.273. The zero-order valence-electron chi connectivity index (χ0n) is 15.8. The molecule has 3 aromatic rings. The Labute approximate surface area is 163 Å². The third kappa shape index (κ3) is 3.98. The Morgan fingerprint density at radius 2 is 2.07 bits per heavy atom. The molecule has 0 aliphatic carbocycles. The molecule has 0 saturated carbocycles. The molecule has 0 unspecified atom stereocenters. The van der Waals surface area contributed by atoms with Crippen LogP contribution in [0.25, 0.3) is 21.9 Å². The van der Waals surface area contributed by atoms with Gasteiger partial charge in [0.1, 0.15) is 0 Å². The number of pyridine rings is 1. The number of hydrogen-bond acceptors (Lipinski definition) is 4. The van der Waals surface area contributed by atoms with Gasteiger partial charge in [-0.05, 0) is 53.9 Å². The number of benzene rings is 2. The van der Waals surface area contributed by atoms with Crippen molar-refractivity contribution < 1.29 is 9.53 Å². The van der Waals surface area contributed by atoms with Gasteiger partial charge in [-0.25, -0.2) is 0 Å². The number of amides is 1. The lowest BCUT2D eigenvalue weighted by atomic mass is 10.00. The lowest BCUT2D eigenvalue weighted by Crippen LogP contribution is -2.45. The van der Waals surface area contributed by atoms with Gasteiger partial charge >= 0.3 is 0 Å². The van der Waals surface area contributed by atoms with E-state index in [1.165, 1.54) is 0 Å². The van der Waals surface area contributed by atoms with Crippen LogP contribution in [-0.2, 0) is 4.74 Å². The van der Waals surface area contributed by atoms with E-state index in [1.807, 2.05) is 42.5 Å². The van der Waals surface area contributed by atoms with Crippen molar-refractivity contribution in [1.82, 2.24) is 15.2 Å². The number of carbonyl (C=O) groups is 1. The van der Waals surface area contributed by atoms with Crippen molar-refractivity contribution in [3.05, 3.63) is 70.6 Å². The van der Waals surface area contributed by atoms with Crippen molar-refractivity contribution in [1.29, 1.82) is 0 Å². The van der Waals surface area contributed by atoms with Gasteiger partial charge in [0.05, 0.1) is 12.7 Å². The summed E-state index contributed by atoms with van der Waals surface area (Å²) in [4.78, 5) is 29.3. The van der Waals surface area contributed by atoms with Crippen molar-refractivity contribution in [2.75, 3.05) is 33.3 Å². The fourth-order valence-corrected chi connectivity index (χ4v) is 3.51. The molecule has 2 heterocycles. The van der Waals surface area contributed by atoms with E-state index in [0.29, 0.717) is 24.1 Å². The topological polar surface area (TPSA) is 74.4 Å². The minimum Gasteiger partial charge on any atom is -0.374 e. The highest BCUT2D eigenvalue weighted by atomic mass is 16.5. The summed E-state index contributed by atoms with van der Waals surface area (Å²) in [5.74, 6) is -0.115. The number of likely N-dealkylation sites (N-methyl/N-ethyl adjacent to an activating group) is 1. The second kappa shape index (κ2) is 7.96. The highest BCUT2D eigenvalue weighted by molar-refractivity contribution is 5.96. The number of aromatic nitrogens is 1. The zero-order valence-corrected chi connectivity index (χ0v) is 15.8. The largest absolute Gasteiger partial charge is 0.374 e. The fourth-order valence-electron chi connectivity index (χ4n) is 3.51. The third-order valence-electron chi connectivity index (χ3n) is 5.06. The molecular weight excluding hydrogens is 354 g/mol. The zero-order chi connectivity index (χ0) is 19.5. The highest BCUT2D eigenvalue weighted by Crippen LogP contribution is 2.24. The van der Waals surface area contributed by atoms with Gasteiger partial charge < -0.3 is 19.9 Å². The summed E-state index contributed by atoms with van der Waals surface area (Å²) in [6, 6.07) is 15.1.